The van der Waals surface area contributed by atoms with Crippen LogP contribution in [0.2, 0.25) is 0 Å². The molecule has 2 aromatic heterocycles. The van der Waals surface area contributed by atoms with Crippen molar-refractivity contribution < 1.29 is 17.9 Å². The van der Waals surface area contributed by atoms with E-state index in [1.807, 2.05) is 4.57 Å². The molecule has 3 aromatic rings. The van der Waals surface area contributed by atoms with Crippen LogP contribution in [0.5, 0.6) is 0 Å². The van der Waals surface area contributed by atoms with Crippen LogP contribution in [0.3, 0.4) is 0 Å². The number of fused-ring (bicyclic) bond motifs is 1. The van der Waals surface area contributed by atoms with Crippen molar-refractivity contribution in [1.82, 2.24) is 24.6 Å². The first-order chi connectivity index (χ1) is 15.8. The molecule has 0 radical (unpaired) electrons. The van der Waals surface area contributed by atoms with Crippen LogP contribution in [0.25, 0.3) is 11.0 Å². The van der Waals surface area contributed by atoms with E-state index in [0.717, 1.165) is 24.7 Å². The molecular weight excluding hydrogens is 435 g/mol. The fraction of sp³-hybridized carbons (Fsp3) is 0.522. The highest BCUT2D eigenvalue weighted by Gasteiger charge is 2.36. The number of benzene rings is 1. The van der Waals surface area contributed by atoms with Crippen LogP contribution >= 0.6 is 0 Å². The molecule has 176 valence electrons. The lowest BCUT2D eigenvalue weighted by atomic mass is 9.96. The fourth-order valence-corrected chi connectivity index (χ4v) is 5.12. The topological polar surface area (TPSA) is 76.0 Å². The molecule has 2 saturated heterocycles. The van der Waals surface area contributed by atoms with Gasteiger partial charge in [-0.2, -0.15) is 18.3 Å². The smallest absolute Gasteiger partial charge is 0.381 e. The number of aromatic amines is 1. The number of hydrogen-bond acceptors (Lipinski definition) is 5. The molecule has 2 aliphatic heterocycles. The summed E-state index contributed by atoms with van der Waals surface area (Å²) < 4.78 is 46.7. The van der Waals surface area contributed by atoms with Crippen molar-refractivity contribution in [3.05, 3.63) is 57.8 Å². The average molecular weight is 461 g/mol. The maximum Gasteiger partial charge on any atom is 0.416 e. The van der Waals surface area contributed by atoms with Gasteiger partial charge in [0, 0.05) is 44.8 Å². The molecule has 7 nitrogen and oxygen atoms in total. The Morgan fingerprint density at radius 2 is 2.00 bits per heavy atom. The van der Waals surface area contributed by atoms with E-state index >= 15 is 0 Å². The van der Waals surface area contributed by atoms with Crippen LogP contribution in [-0.2, 0) is 17.5 Å². The van der Waals surface area contributed by atoms with E-state index < -0.39 is 11.7 Å². The molecule has 10 heteroatoms. The first kappa shape index (κ1) is 22.1. The van der Waals surface area contributed by atoms with Crippen LogP contribution in [0.4, 0.5) is 13.2 Å². The Labute approximate surface area is 188 Å². The first-order valence-electron chi connectivity index (χ1n) is 11.2. The Morgan fingerprint density at radius 1 is 1.21 bits per heavy atom. The Bertz CT molecular complexity index is 1200. The minimum absolute atomic E-state index is 0.0118. The predicted molar refractivity (Wildman–Crippen MR) is 116 cm³/mol. The molecule has 4 heterocycles. The van der Waals surface area contributed by atoms with E-state index in [0.29, 0.717) is 49.4 Å². The van der Waals surface area contributed by atoms with Crippen molar-refractivity contribution >= 4 is 11.0 Å². The Balaban J connectivity index is 1.45. The third-order valence-corrected chi connectivity index (χ3v) is 6.78. The third-order valence-electron chi connectivity index (χ3n) is 6.78. The zero-order valence-corrected chi connectivity index (χ0v) is 18.3. The number of nitrogens with zero attached hydrogens (tertiary/aromatic N) is 4. The summed E-state index contributed by atoms with van der Waals surface area (Å²) in [7, 11) is 0. The van der Waals surface area contributed by atoms with Crippen molar-refractivity contribution in [2.24, 2.45) is 5.92 Å². The molecule has 0 spiro atoms. The average Bonchev–Trinajstić information content (AvgIpc) is 3.40. The first-order valence-corrected chi connectivity index (χ1v) is 11.2. The number of H-pyrrole nitrogens is 1. The van der Waals surface area contributed by atoms with Crippen LogP contribution in [-0.4, -0.2) is 51.0 Å². The molecule has 0 bridgehead atoms. The second-order valence-electron chi connectivity index (χ2n) is 9.10. The normalized spacial score (nSPS) is 22.9. The molecule has 2 fully saturated rings. The molecular formula is C23H26F3N5O2. The van der Waals surface area contributed by atoms with Gasteiger partial charge < -0.3 is 4.74 Å². The maximum atomic E-state index is 13.4. The molecule has 33 heavy (non-hydrogen) atoms. The Morgan fingerprint density at radius 3 is 2.76 bits per heavy atom. The zero-order chi connectivity index (χ0) is 23.2. The Hall–Kier alpha value is -2.72. The van der Waals surface area contributed by atoms with Gasteiger partial charge >= 0.3 is 6.18 Å². The highest BCUT2D eigenvalue weighted by molar-refractivity contribution is 5.72. The van der Waals surface area contributed by atoms with E-state index in [-0.39, 0.29) is 23.4 Å². The number of alkyl halides is 3. The third kappa shape index (κ3) is 4.29. The van der Waals surface area contributed by atoms with Gasteiger partial charge in [-0.15, -0.1) is 0 Å². The number of halogens is 3. The van der Waals surface area contributed by atoms with Gasteiger partial charge in [0.1, 0.15) is 11.2 Å². The fourth-order valence-electron chi connectivity index (χ4n) is 5.12. The van der Waals surface area contributed by atoms with Crippen molar-refractivity contribution in [2.45, 2.75) is 44.4 Å². The van der Waals surface area contributed by atoms with E-state index in [2.05, 4.69) is 22.0 Å². The molecule has 0 aliphatic carbocycles. The van der Waals surface area contributed by atoms with Gasteiger partial charge in [0.05, 0.1) is 11.8 Å². The number of ether oxygens (including phenoxy) is 1. The standard InChI is InChI=1S/C23H26F3N5O2/c1-14-11-30(12-15-3-2-4-16(9-15)23(24,25)26)13-19(14)21-28-20-18(10-27-29-20)22(32)31(21)17-5-7-33-8-6-17/h2-4,9-10,14,17,19H,5-8,11-13H2,1H3,(H,27,29)/t14-,19-/m1/s1. The lowest BCUT2D eigenvalue weighted by Crippen LogP contribution is -2.34. The van der Waals surface area contributed by atoms with Crippen molar-refractivity contribution in [3.63, 3.8) is 0 Å². The quantitative estimate of drug-likeness (QED) is 0.641. The van der Waals surface area contributed by atoms with Gasteiger partial charge in [0.2, 0.25) is 0 Å². The second-order valence-corrected chi connectivity index (χ2v) is 9.10. The minimum Gasteiger partial charge on any atom is -0.381 e. The summed E-state index contributed by atoms with van der Waals surface area (Å²) in [5, 5.41) is 7.30. The van der Waals surface area contributed by atoms with Gasteiger partial charge in [-0.3, -0.25) is 19.4 Å². The molecule has 1 N–H and O–H groups in total. The highest BCUT2D eigenvalue weighted by Crippen LogP contribution is 2.35. The van der Waals surface area contributed by atoms with E-state index in [9.17, 15) is 18.0 Å². The van der Waals surface area contributed by atoms with E-state index in [1.54, 1.807) is 6.07 Å². The van der Waals surface area contributed by atoms with Gasteiger partial charge in [-0.25, -0.2) is 4.98 Å². The number of aromatic nitrogens is 4. The summed E-state index contributed by atoms with van der Waals surface area (Å²) >= 11 is 0. The molecule has 1 aromatic carbocycles. The zero-order valence-electron chi connectivity index (χ0n) is 18.3. The van der Waals surface area contributed by atoms with Crippen molar-refractivity contribution in [3.8, 4) is 0 Å². The SMILES string of the molecule is C[C@@H]1CN(Cc2cccc(C(F)(F)F)c2)C[C@H]1c1nc2[nH]ncc2c(=O)n1C1CCOCC1. The lowest BCUT2D eigenvalue weighted by molar-refractivity contribution is -0.137. The van der Waals surface area contributed by atoms with Gasteiger partial charge in [-0.05, 0) is 30.4 Å². The summed E-state index contributed by atoms with van der Waals surface area (Å²) in [5.41, 5.74) is 0.362. The maximum absolute atomic E-state index is 13.4. The van der Waals surface area contributed by atoms with E-state index in [1.165, 1.54) is 18.3 Å². The lowest BCUT2D eigenvalue weighted by Gasteiger charge is -2.28. The molecule has 0 amide bonds. The monoisotopic (exact) mass is 461 g/mol. The number of hydrogen-bond donors (Lipinski definition) is 1. The van der Waals surface area contributed by atoms with Crippen molar-refractivity contribution in [1.29, 1.82) is 0 Å². The van der Waals surface area contributed by atoms with Crippen LogP contribution in [0, 0.1) is 5.92 Å². The van der Waals surface area contributed by atoms with Gasteiger partial charge in [0.15, 0.2) is 5.65 Å². The number of rotatable bonds is 4. The van der Waals surface area contributed by atoms with Crippen LogP contribution < -0.4 is 5.56 Å². The van der Waals surface area contributed by atoms with E-state index in [4.69, 9.17) is 9.72 Å². The number of likely N-dealkylation sites (tertiary alicyclic amines) is 1. The largest absolute Gasteiger partial charge is 0.416 e. The van der Waals surface area contributed by atoms with Crippen LogP contribution in [0.1, 0.15) is 48.7 Å². The summed E-state index contributed by atoms with van der Waals surface area (Å²) in [4.78, 5) is 20.3. The van der Waals surface area contributed by atoms with Gasteiger partial charge in [0.25, 0.3) is 5.56 Å². The summed E-state index contributed by atoms with van der Waals surface area (Å²) in [6.45, 7) is 5.05. The minimum atomic E-state index is -4.36. The molecule has 2 atom stereocenters. The summed E-state index contributed by atoms with van der Waals surface area (Å²) in [6, 6.07) is 5.49. The molecule has 0 unspecified atom stereocenters. The number of nitrogens with one attached hydrogen (secondary N) is 1. The summed E-state index contributed by atoms with van der Waals surface area (Å²) in [5.74, 6) is 0.899. The molecule has 5 rings (SSSR count). The predicted octanol–water partition coefficient (Wildman–Crippen LogP) is 3.73. The molecule has 0 saturated carbocycles. The van der Waals surface area contributed by atoms with Crippen LogP contribution in [0.15, 0.2) is 35.3 Å². The summed E-state index contributed by atoms with van der Waals surface area (Å²) in [6.07, 6.45) is -1.36. The highest BCUT2D eigenvalue weighted by atomic mass is 19.4. The van der Waals surface area contributed by atoms with Gasteiger partial charge in [-0.1, -0.05) is 25.1 Å². The molecule has 2 aliphatic rings. The second kappa shape index (κ2) is 8.57. The Kier molecular flexibility index (Phi) is 5.74. The van der Waals surface area contributed by atoms with Crippen molar-refractivity contribution in [2.75, 3.05) is 26.3 Å².